The quantitative estimate of drug-likeness (QED) is 0.874. The van der Waals surface area contributed by atoms with Crippen molar-refractivity contribution in [2.24, 2.45) is 0 Å². The highest BCUT2D eigenvalue weighted by Crippen LogP contribution is 2.23. The molecule has 1 nitrogen and oxygen atoms in total. The molecule has 0 saturated heterocycles. The van der Waals surface area contributed by atoms with E-state index in [1.807, 2.05) is 19.2 Å². The van der Waals surface area contributed by atoms with Crippen molar-refractivity contribution in [3.63, 3.8) is 0 Å². The summed E-state index contributed by atoms with van der Waals surface area (Å²) in [6.07, 6.45) is 1.62. The third-order valence-corrected chi connectivity index (χ3v) is 4.55. The summed E-state index contributed by atoms with van der Waals surface area (Å²) in [6, 6.07) is 11.4. The van der Waals surface area contributed by atoms with E-state index in [0.29, 0.717) is 6.42 Å². The van der Waals surface area contributed by atoms with E-state index >= 15 is 0 Å². The summed E-state index contributed by atoms with van der Waals surface area (Å²) in [5.74, 6) is -0.120. The average Bonchev–Trinajstić information content (AvgIpc) is 2.76. The average molecular weight is 328 g/mol. The van der Waals surface area contributed by atoms with E-state index in [0.717, 1.165) is 15.8 Å². The molecule has 1 aromatic carbocycles. The van der Waals surface area contributed by atoms with Gasteiger partial charge in [0.25, 0.3) is 0 Å². The first-order valence-corrected chi connectivity index (χ1v) is 7.45. The van der Waals surface area contributed by atoms with E-state index in [1.54, 1.807) is 17.4 Å². The minimum atomic E-state index is -0.120. The molecule has 0 aliphatic rings. The molecule has 96 valence electrons. The molecule has 1 heterocycles. The number of hydrogen-bond donors (Lipinski definition) is 1. The molecule has 18 heavy (non-hydrogen) atoms. The molecule has 0 bridgehead atoms. The third-order valence-electron chi connectivity index (χ3n) is 2.91. The smallest absolute Gasteiger partial charge is 0.126 e. The van der Waals surface area contributed by atoms with Crippen LogP contribution in [0.25, 0.3) is 0 Å². The van der Waals surface area contributed by atoms with Crippen LogP contribution in [0, 0.1) is 5.82 Å². The molecule has 0 fully saturated rings. The SMILES string of the molecule is CNC(Cc1ccc(Br)s1)Cc1ccccc1F. The molecule has 1 unspecified atom stereocenters. The Balaban J connectivity index is 2.04. The Kier molecular flexibility index (Phi) is 4.92. The maximum atomic E-state index is 13.6. The van der Waals surface area contributed by atoms with E-state index in [9.17, 15) is 4.39 Å². The topological polar surface area (TPSA) is 12.0 Å². The van der Waals surface area contributed by atoms with Gasteiger partial charge in [-0.2, -0.15) is 0 Å². The number of benzene rings is 1. The first-order chi connectivity index (χ1) is 8.69. The van der Waals surface area contributed by atoms with Gasteiger partial charge in [-0.1, -0.05) is 18.2 Å². The van der Waals surface area contributed by atoms with Crippen molar-refractivity contribution in [2.45, 2.75) is 18.9 Å². The number of halogens is 2. The van der Waals surface area contributed by atoms with Crippen LogP contribution in [0.2, 0.25) is 0 Å². The van der Waals surface area contributed by atoms with Crippen molar-refractivity contribution < 1.29 is 4.39 Å². The van der Waals surface area contributed by atoms with Crippen LogP contribution >= 0.6 is 27.3 Å². The molecule has 2 rings (SSSR count). The van der Waals surface area contributed by atoms with Crippen LogP contribution < -0.4 is 5.32 Å². The molecule has 1 atom stereocenters. The first-order valence-electron chi connectivity index (χ1n) is 5.84. The van der Waals surface area contributed by atoms with Gasteiger partial charge in [0.2, 0.25) is 0 Å². The second-order valence-corrected chi connectivity index (χ2v) is 6.74. The Bertz CT molecular complexity index is 512. The lowest BCUT2D eigenvalue weighted by Crippen LogP contribution is -2.29. The maximum absolute atomic E-state index is 13.6. The summed E-state index contributed by atoms with van der Waals surface area (Å²) < 4.78 is 14.7. The molecule has 0 radical (unpaired) electrons. The molecule has 0 amide bonds. The fourth-order valence-corrected chi connectivity index (χ4v) is 3.47. The zero-order valence-electron chi connectivity index (χ0n) is 10.1. The van der Waals surface area contributed by atoms with Crippen molar-refractivity contribution in [1.29, 1.82) is 0 Å². The zero-order valence-corrected chi connectivity index (χ0v) is 12.5. The molecule has 4 heteroatoms. The summed E-state index contributed by atoms with van der Waals surface area (Å²) in [5.41, 5.74) is 0.771. The largest absolute Gasteiger partial charge is 0.316 e. The Labute approximate surface area is 119 Å². The summed E-state index contributed by atoms with van der Waals surface area (Å²) in [7, 11) is 1.92. The summed E-state index contributed by atoms with van der Waals surface area (Å²) >= 11 is 5.19. The Morgan fingerprint density at radius 3 is 2.61 bits per heavy atom. The van der Waals surface area contributed by atoms with Gasteiger partial charge in [0.05, 0.1) is 3.79 Å². The van der Waals surface area contributed by atoms with E-state index in [1.165, 1.54) is 10.9 Å². The van der Waals surface area contributed by atoms with Gasteiger partial charge in [-0.15, -0.1) is 11.3 Å². The van der Waals surface area contributed by atoms with Crippen LogP contribution in [0.5, 0.6) is 0 Å². The van der Waals surface area contributed by atoms with Gasteiger partial charge < -0.3 is 5.32 Å². The van der Waals surface area contributed by atoms with Crippen LogP contribution in [0.3, 0.4) is 0 Å². The molecule has 0 aliphatic carbocycles. The van der Waals surface area contributed by atoms with Crippen LogP contribution in [0.1, 0.15) is 10.4 Å². The number of nitrogens with one attached hydrogen (secondary N) is 1. The zero-order chi connectivity index (χ0) is 13.0. The predicted octanol–water partition coefficient (Wildman–Crippen LogP) is 4.02. The third kappa shape index (κ3) is 3.64. The lowest BCUT2D eigenvalue weighted by molar-refractivity contribution is 0.535. The van der Waals surface area contributed by atoms with Gasteiger partial charge in [-0.3, -0.25) is 0 Å². The molecule has 1 aromatic heterocycles. The number of hydrogen-bond acceptors (Lipinski definition) is 2. The monoisotopic (exact) mass is 327 g/mol. The first kappa shape index (κ1) is 13.7. The minimum absolute atomic E-state index is 0.120. The van der Waals surface area contributed by atoms with Gasteiger partial charge >= 0.3 is 0 Å². The number of rotatable bonds is 5. The van der Waals surface area contributed by atoms with Gasteiger partial charge in [0.1, 0.15) is 5.82 Å². The predicted molar refractivity (Wildman–Crippen MR) is 78.7 cm³/mol. The van der Waals surface area contributed by atoms with E-state index in [2.05, 4.69) is 33.4 Å². The van der Waals surface area contributed by atoms with E-state index in [-0.39, 0.29) is 11.9 Å². The highest BCUT2D eigenvalue weighted by Gasteiger charge is 2.12. The summed E-state index contributed by atoms with van der Waals surface area (Å²) in [5, 5.41) is 3.26. The van der Waals surface area contributed by atoms with Crippen molar-refractivity contribution >= 4 is 27.3 Å². The fraction of sp³-hybridized carbons (Fsp3) is 0.286. The molecule has 1 N–H and O–H groups in total. The Hall–Kier alpha value is -0.710. The molecule has 0 aliphatic heterocycles. The van der Waals surface area contributed by atoms with Crippen molar-refractivity contribution in [3.8, 4) is 0 Å². The second-order valence-electron chi connectivity index (χ2n) is 4.19. The molecular formula is C14H15BrFNS. The van der Waals surface area contributed by atoms with Gasteiger partial charge in [0.15, 0.2) is 0 Å². The minimum Gasteiger partial charge on any atom is -0.316 e. The van der Waals surface area contributed by atoms with Crippen molar-refractivity contribution in [3.05, 3.63) is 56.4 Å². The Morgan fingerprint density at radius 2 is 2.00 bits per heavy atom. The van der Waals surface area contributed by atoms with E-state index in [4.69, 9.17) is 0 Å². The molecule has 0 saturated carbocycles. The number of likely N-dealkylation sites (N-methyl/N-ethyl adjacent to an activating group) is 1. The van der Waals surface area contributed by atoms with Crippen molar-refractivity contribution in [1.82, 2.24) is 5.32 Å². The molecular weight excluding hydrogens is 313 g/mol. The fourth-order valence-electron chi connectivity index (χ4n) is 1.91. The van der Waals surface area contributed by atoms with Gasteiger partial charge in [-0.05, 0) is 59.6 Å². The maximum Gasteiger partial charge on any atom is 0.126 e. The van der Waals surface area contributed by atoms with Gasteiger partial charge in [0, 0.05) is 10.9 Å². The Morgan fingerprint density at radius 1 is 1.22 bits per heavy atom. The van der Waals surface area contributed by atoms with Gasteiger partial charge in [-0.25, -0.2) is 4.39 Å². The second kappa shape index (κ2) is 6.45. The van der Waals surface area contributed by atoms with Crippen LogP contribution in [-0.4, -0.2) is 13.1 Å². The van der Waals surface area contributed by atoms with E-state index < -0.39 is 0 Å². The molecule has 2 aromatic rings. The van der Waals surface area contributed by atoms with Crippen LogP contribution in [0.15, 0.2) is 40.2 Å². The highest BCUT2D eigenvalue weighted by atomic mass is 79.9. The van der Waals surface area contributed by atoms with Crippen molar-refractivity contribution in [2.75, 3.05) is 7.05 Å². The normalized spacial score (nSPS) is 12.6. The van der Waals surface area contributed by atoms with Crippen LogP contribution in [0.4, 0.5) is 4.39 Å². The standard InChI is InChI=1S/C14H15BrFNS/c1-17-11(9-12-6-7-14(15)18-12)8-10-4-2-3-5-13(10)16/h2-7,11,17H,8-9H2,1H3. The lowest BCUT2D eigenvalue weighted by Gasteiger charge is -2.15. The summed E-state index contributed by atoms with van der Waals surface area (Å²) in [4.78, 5) is 1.30. The molecule has 0 spiro atoms. The number of thiophene rings is 1. The summed E-state index contributed by atoms with van der Waals surface area (Å²) in [6.45, 7) is 0. The van der Waals surface area contributed by atoms with Crippen LogP contribution in [-0.2, 0) is 12.8 Å². The highest BCUT2D eigenvalue weighted by molar-refractivity contribution is 9.11. The lowest BCUT2D eigenvalue weighted by atomic mass is 10.0.